The lowest BCUT2D eigenvalue weighted by atomic mass is 9.89. The summed E-state index contributed by atoms with van der Waals surface area (Å²) in [4.78, 5) is 11.9. The normalized spacial score (nSPS) is 18.1. The van der Waals surface area contributed by atoms with E-state index in [9.17, 15) is 14.1 Å². The molecule has 38 heavy (non-hydrogen) atoms. The van der Waals surface area contributed by atoms with Crippen molar-refractivity contribution < 1.29 is 18.8 Å². The highest BCUT2D eigenvalue weighted by Crippen LogP contribution is 2.44. The van der Waals surface area contributed by atoms with Crippen molar-refractivity contribution in [3.8, 4) is 22.6 Å². The van der Waals surface area contributed by atoms with Crippen molar-refractivity contribution in [1.82, 2.24) is 4.72 Å². The summed E-state index contributed by atoms with van der Waals surface area (Å²) in [5.74, 6) is 0.628. The molecule has 2 atom stereocenters. The molecule has 190 valence electrons. The molecule has 1 amide bonds. The summed E-state index contributed by atoms with van der Waals surface area (Å²) < 4.78 is 20.5. The minimum absolute atomic E-state index is 0.0325. The van der Waals surface area contributed by atoms with Crippen molar-refractivity contribution in [2.24, 2.45) is 0 Å². The second-order valence-corrected chi connectivity index (χ2v) is 10.9. The zero-order valence-electron chi connectivity index (χ0n) is 20.9. The van der Waals surface area contributed by atoms with Gasteiger partial charge in [0.1, 0.15) is 18.1 Å². The second-order valence-electron chi connectivity index (χ2n) is 9.74. The van der Waals surface area contributed by atoms with Crippen LogP contribution in [0.15, 0.2) is 91.0 Å². The summed E-state index contributed by atoms with van der Waals surface area (Å²) >= 11 is 0. The van der Waals surface area contributed by atoms with Gasteiger partial charge in [0.25, 0.3) is 5.91 Å². The van der Waals surface area contributed by atoms with Gasteiger partial charge in [-0.1, -0.05) is 60.7 Å². The Morgan fingerprint density at radius 2 is 1.76 bits per heavy atom. The Balaban J connectivity index is 1.26. The highest BCUT2D eigenvalue weighted by Gasteiger charge is 2.28. The monoisotopic (exact) mass is 521 g/mol. The van der Waals surface area contributed by atoms with E-state index in [0.29, 0.717) is 17.1 Å². The number of hydrogen-bond acceptors (Lipinski definition) is 4. The average Bonchev–Trinajstić information content (AvgIpc) is 3.50. The number of aromatic hydroxyl groups is 1. The van der Waals surface area contributed by atoms with Gasteiger partial charge in [-0.15, -0.1) is 0 Å². The summed E-state index contributed by atoms with van der Waals surface area (Å²) in [6.45, 7) is 2.66. The Labute approximate surface area is 224 Å². The first-order chi connectivity index (χ1) is 18.5. The van der Waals surface area contributed by atoms with Crippen LogP contribution in [0.4, 0.5) is 0 Å². The lowest BCUT2D eigenvalue weighted by Gasteiger charge is -2.16. The molecule has 0 fully saturated rings. The minimum Gasteiger partial charge on any atom is -0.507 e. The zero-order valence-corrected chi connectivity index (χ0v) is 21.8. The number of nitrogens with one attached hydrogen (secondary N) is 1. The molecule has 1 heterocycles. The zero-order chi connectivity index (χ0) is 26.2. The smallest absolute Gasteiger partial charge is 0.257 e. The molecule has 4 aromatic carbocycles. The first kappa shape index (κ1) is 24.2. The number of aryl methyl sites for hydroxylation is 1. The fourth-order valence-electron chi connectivity index (χ4n) is 5.52. The van der Waals surface area contributed by atoms with E-state index in [0.717, 1.165) is 35.3 Å². The summed E-state index contributed by atoms with van der Waals surface area (Å²) in [5, 5.41) is 10.7. The van der Waals surface area contributed by atoms with Gasteiger partial charge in [-0.3, -0.25) is 9.52 Å². The average molecular weight is 522 g/mol. The van der Waals surface area contributed by atoms with Crippen LogP contribution >= 0.6 is 0 Å². The van der Waals surface area contributed by atoms with E-state index in [4.69, 9.17) is 4.74 Å². The van der Waals surface area contributed by atoms with E-state index in [2.05, 4.69) is 54.1 Å². The van der Waals surface area contributed by atoms with Crippen LogP contribution in [-0.2, 0) is 28.8 Å². The van der Waals surface area contributed by atoms with Crippen molar-refractivity contribution in [3.63, 3.8) is 0 Å². The molecule has 1 unspecified atom stereocenters. The number of hydrogen-bond donors (Lipinski definition) is 2. The van der Waals surface area contributed by atoms with E-state index in [1.54, 1.807) is 12.1 Å². The van der Waals surface area contributed by atoms with Gasteiger partial charge >= 0.3 is 0 Å². The number of benzene rings is 4. The van der Waals surface area contributed by atoms with Crippen LogP contribution in [0.2, 0.25) is 0 Å². The van der Waals surface area contributed by atoms with Crippen LogP contribution < -0.4 is 9.46 Å². The molecule has 0 aromatic heterocycles. The molecule has 1 aliphatic carbocycles. The van der Waals surface area contributed by atoms with E-state index >= 15 is 0 Å². The predicted octanol–water partition coefficient (Wildman–Crippen LogP) is 6.16. The molecule has 0 radical (unpaired) electrons. The topological polar surface area (TPSA) is 75.6 Å². The number of fused-ring (bicyclic) bond motifs is 1. The Morgan fingerprint density at radius 1 is 0.947 bits per heavy atom. The van der Waals surface area contributed by atoms with Gasteiger partial charge < -0.3 is 9.84 Å². The van der Waals surface area contributed by atoms with Gasteiger partial charge in [-0.05, 0) is 83.0 Å². The van der Waals surface area contributed by atoms with Gasteiger partial charge in [0.2, 0.25) is 0 Å². The van der Waals surface area contributed by atoms with Crippen LogP contribution in [0.1, 0.15) is 45.7 Å². The largest absolute Gasteiger partial charge is 0.507 e. The first-order valence-corrected chi connectivity index (χ1v) is 13.8. The summed E-state index contributed by atoms with van der Waals surface area (Å²) in [6, 6.07) is 28.3. The van der Waals surface area contributed by atoms with Crippen LogP contribution in [0.5, 0.6) is 11.5 Å². The van der Waals surface area contributed by atoms with Gasteiger partial charge in [0, 0.05) is 17.6 Å². The van der Waals surface area contributed by atoms with Gasteiger partial charge in [0.05, 0.1) is 4.91 Å². The second kappa shape index (κ2) is 9.95. The van der Waals surface area contributed by atoms with Gasteiger partial charge in [0.15, 0.2) is 11.0 Å². The highest BCUT2D eigenvalue weighted by molar-refractivity contribution is 7.94. The Hall–Kier alpha value is -4.16. The molecule has 0 saturated carbocycles. The molecular formula is C32H27NO4S. The fraction of sp³-hybridized carbons (Fsp3) is 0.156. The van der Waals surface area contributed by atoms with Crippen molar-refractivity contribution in [2.75, 3.05) is 0 Å². The molecule has 6 rings (SSSR count). The number of phenols is 1. The molecule has 0 spiro atoms. The van der Waals surface area contributed by atoms with Crippen molar-refractivity contribution in [3.05, 3.63) is 124 Å². The number of rotatable bonds is 6. The molecule has 0 bridgehead atoms. The van der Waals surface area contributed by atoms with Crippen molar-refractivity contribution in [1.29, 1.82) is 0 Å². The third-order valence-electron chi connectivity index (χ3n) is 7.35. The Morgan fingerprint density at radius 3 is 2.50 bits per heavy atom. The minimum atomic E-state index is -1.64. The molecule has 5 nitrogen and oxygen atoms in total. The maximum absolute atomic E-state index is 12.2. The molecular weight excluding hydrogens is 494 g/mol. The summed E-state index contributed by atoms with van der Waals surface area (Å²) in [6.07, 6.45) is 3.16. The van der Waals surface area contributed by atoms with Crippen molar-refractivity contribution >= 4 is 21.8 Å². The predicted molar refractivity (Wildman–Crippen MR) is 150 cm³/mol. The van der Waals surface area contributed by atoms with Crippen molar-refractivity contribution in [2.45, 2.75) is 32.3 Å². The molecule has 2 aliphatic rings. The number of carbonyl (C=O) groups is 1. The standard InChI is InChI=1S/C32H27NO4S/c1-20-16-23(37-19-21-6-3-2-4-7-21)11-13-24(20)26-8-5-9-27-25(14-15-28(26)27)22-10-12-29(30(34)17-22)31-18-32(35)33-38(31)36/h2-13,16-18,25,34H,14-15,19H2,1H3,(H,33,35)/t25-,38?/m1/s1. The maximum atomic E-state index is 12.2. The Kier molecular flexibility index (Phi) is 6.34. The Bertz CT molecular complexity index is 1610. The third kappa shape index (κ3) is 4.52. The highest BCUT2D eigenvalue weighted by atomic mass is 32.2. The molecule has 4 aromatic rings. The van der Waals surface area contributed by atoms with Crippen LogP contribution in [0, 0.1) is 6.92 Å². The molecule has 2 N–H and O–H groups in total. The van der Waals surface area contributed by atoms with E-state index in [-0.39, 0.29) is 11.7 Å². The SMILES string of the molecule is Cc1cc(OCc2ccccc2)ccc1-c1cccc2c1CC[C@@H]2c1ccc(C2=CC(=O)NS2=O)c(O)c1. The molecule has 1 aliphatic heterocycles. The van der Waals surface area contributed by atoms with E-state index in [1.165, 1.54) is 28.3 Å². The lowest BCUT2D eigenvalue weighted by Crippen LogP contribution is -2.16. The molecule has 0 saturated heterocycles. The van der Waals surface area contributed by atoms with E-state index in [1.807, 2.05) is 30.3 Å². The number of ether oxygens (including phenoxy) is 1. The lowest BCUT2D eigenvalue weighted by molar-refractivity contribution is -0.114. The van der Waals surface area contributed by atoms with Gasteiger partial charge in [-0.2, -0.15) is 0 Å². The summed E-state index contributed by atoms with van der Waals surface area (Å²) in [7, 11) is -1.64. The van der Waals surface area contributed by atoms with Gasteiger partial charge in [-0.25, -0.2) is 4.21 Å². The fourth-order valence-corrected chi connectivity index (χ4v) is 6.46. The number of amides is 1. The first-order valence-electron chi connectivity index (χ1n) is 12.6. The number of carbonyl (C=O) groups excluding carboxylic acids is 1. The molecule has 6 heteroatoms. The van der Waals surface area contributed by atoms with Crippen LogP contribution in [-0.4, -0.2) is 15.2 Å². The van der Waals surface area contributed by atoms with Crippen LogP contribution in [0.3, 0.4) is 0 Å². The quantitative estimate of drug-likeness (QED) is 0.319. The van der Waals surface area contributed by atoms with E-state index < -0.39 is 16.9 Å². The summed E-state index contributed by atoms with van der Waals surface area (Å²) in [5.41, 5.74) is 8.74. The number of phenolic OH excluding ortho intramolecular Hbond substituents is 1. The maximum Gasteiger partial charge on any atom is 0.257 e. The van der Waals surface area contributed by atoms with Crippen LogP contribution in [0.25, 0.3) is 16.0 Å². The third-order valence-corrected chi connectivity index (χ3v) is 8.48.